The van der Waals surface area contributed by atoms with Crippen molar-refractivity contribution in [2.45, 2.75) is 73.3 Å². The van der Waals surface area contributed by atoms with Gasteiger partial charge in [-0.1, -0.05) is 78.1 Å². The number of amides is 1. The van der Waals surface area contributed by atoms with Gasteiger partial charge in [0, 0.05) is 24.4 Å². The van der Waals surface area contributed by atoms with E-state index in [1.54, 1.807) is 0 Å². The van der Waals surface area contributed by atoms with Crippen LogP contribution in [0, 0.1) is 5.92 Å². The van der Waals surface area contributed by atoms with Crippen molar-refractivity contribution in [1.82, 2.24) is 5.32 Å². The Morgan fingerprint density at radius 3 is 2.13 bits per heavy atom. The fourth-order valence-electron chi connectivity index (χ4n) is 2.12. The molecule has 0 heterocycles. The van der Waals surface area contributed by atoms with Crippen LogP contribution in [0.3, 0.4) is 0 Å². The molecule has 0 aliphatic heterocycles. The lowest BCUT2D eigenvalue weighted by Crippen LogP contribution is -2.22. The van der Waals surface area contributed by atoms with E-state index in [0.717, 1.165) is 24.0 Å². The number of nitrogens with one attached hydrogen (secondary N) is 1. The number of hydrogen-bond donors (Lipinski definition) is 1. The summed E-state index contributed by atoms with van der Waals surface area (Å²) in [5.41, 5.74) is 1.76. The molecule has 0 spiro atoms. The maximum atomic E-state index is 11.8. The first-order valence-corrected chi connectivity index (χ1v) is 8.94. The van der Waals surface area contributed by atoms with Gasteiger partial charge in [-0.3, -0.25) is 9.59 Å². The van der Waals surface area contributed by atoms with E-state index in [4.69, 9.17) is 0 Å². The van der Waals surface area contributed by atoms with Crippen LogP contribution in [0.4, 0.5) is 0 Å². The summed E-state index contributed by atoms with van der Waals surface area (Å²) >= 11 is 0. The van der Waals surface area contributed by atoms with Gasteiger partial charge in [0.05, 0.1) is 0 Å². The summed E-state index contributed by atoms with van der Waals surface area (Å²) in [7, 11) is 0. The number of rotatable bonds is 9. The summed E-state index contributed by atoms with van der Waals surface area (Å²) in [5, 5.41) is 2.92. The smallest absolute Gasteiger partial charge is 0.220 e. The third-order valence-corrected chi connectivity index (χ3v) is 3.51. The quantitative estimate of drug-likeness (QED) is 0.506. The minimum atomic E-state index is 0.0127. The minimum Gasteiger partial charge on any atom is -0.352 e. The summed E-state index contributed by atoms with van der Waals surface area (Å²) in [4.78, 5) is 23.5. The van der Waals surface area contributed by atoms with Gasteiger partial charge in [0.25, 0.3) is 0 Å². The highest BCUT2D eigenvalue weighted by Crippen LogP contribution is 2.10. The topological polar surface area (TPSA) is 46.2 Å². The predicted octanol–water partition coefficient (Wildman–Crippen LogP) is 5.14. The largest absolute Gasteiger partial charge is 0.352 e. The zero-order chi connectivity index (χ0) is 17.7. The summed E-state index contributed by atoms with van der Waals surface area (Å²) < 4.78 is 0. The molecule has 0 bridgehead atoms. The number of hydrogen-bond acceptors (Lipinski definition) is 2. The van der Waals surface area contributed by atoms with E-state index in [1.165, 1.54) is 12.8 Å². The SMILES string of the molecule is CC.CCCCCCC(=O)NCc1ccc(C(=O)C(C)C)cc1. The van der Waals surface area contributed by atoms with Crippen LogP contribution in [0.15, 0.2) is 24.3 Å². The van der Waals surface area contributed by atoms with Crippen LogP contribution in [0.5, 0.6) is 0 Å². The lowest BCUT2D eigenvalue weighted by Gasteiger charge is -2.07. The Bertz CT molecular complexity index is 449. The Labute approximate surface area is 141 Å². The van der Waals surface area contributed by atoms with E-state index in [9.17, 15) is 9.59 Å². The summed E-state index contributed by atoms with van der Waals surface area (Å²) in [6, 6.07) is 7.50. The molecule has 1 rings (SSSR count). The highest BCUT2D eigenvalue weighted by atomic mass is 16.1. The van der Waals surface area contributed by atoms with Crippen LogP contribution in [0.1, 0.15) is 82.6 Å². The third-order valence-electron chi connectivity index (χ3n) is 3.51. The average molecular weight is 319 g/mol. The first kappa shape index (κ1) is 21.4. The molecule has 0 aliphatic rings. The first-order chi connectivity index (χ1) is 11.0. The molecule has 0 saturated carbocycles. The number of carbonyl (C=O) groups excluding carboxylic acids is 2. The standard InChI is InChI=1S/C18H27NO2.C2H6/c1-4-5-6-7-8-17(20)19-13-15-9-11-16(12-10-15)18(21)14(2)3;1-2/h9-12,14H,4-8,13H2,1-3H3,(H,19,20);1-2H3. The average Bonchev–Trinajstić information content (AvgIpc) is 2.58. The fourth-order valence-corrected chi connectivity index (χ4v) is 2.12. The molecule has 1 N–H and O–H groups in total. The van der Waals surface area contributed by atoms with Crippen molar-refractivity contribution in [2.24, 2.45) is 5.92 Å². The van der Waals surface area contributed by atoms with Crippen molar-refractivity contribution in [2.75, 3.05) is 0 Å². The van der Waals surface area contributed by atoms with Crippen LogP contribution in [-0.4, -0.2) is 11.7 Å². The molecule has 0 unspecified atom stereocenters. The van der Waals surface area contributed by atoms with Gasteiger partial charge >= 0.3 is 0 Å². The van der Waals surface area contributed by atoms with E-state index in [0.29, 0.717) is 13.0 Å². The number of ketones is 1. The molecule has 0 aromatic heterocycles. The summed E-state index contributed by atoms with van der Waals surface area (Å²) in [6.07, 6.45) is 5.06. The Kier molecular flexibility index (Phi) is 11.9. The molecule has 0 fully saturated rings. The maximum absolute atomic E-state index is 11.8. The van der Waals surface area contributed by atoms with Crippen molar-refractivity contribution in [3.05, 3.63) is 35.4 Å². The van der Waals surface area contributed by atoms with Gasteiger partial charge in [-0.15, -0.1) is 0 Å². The van der Waals surface area contributed by atoms with Crippen LogP contribution >= 0.6 is 0 Å². The van der Waals surface area contributed by atoms with E-state index < -0.39 is 0 Å². The predicted molar refractivity (Wildman–Crippen MR) is 97.6 cm³/mol. The van der Waals surface area contributed by atoms with E-state index >= 15 is 0 Å². The lowest BCUT2D eigenvalue weighted by atomic mass is 10.00. The van der Waals surface area contributed by atoms with E-state index in [2.05, 4.69) is 12.2 Å². The Morgan fingerprint density at radius 2 is 1.61 bits per heavy atom. The van der Waals surface area contributed by atoms with Crippen molar-refractivity contribution in [1.29, 1.82) is 0 Å². The van der Waals surface area contributed by atoms with Crippen LogP contribution in [0.2, 0.25) is 0 Å². The van der Waals surface area contributed by atoms with Gasteiger partial charge in [-0.05, 0) is 12.0 Å². The molecule has 0 radical (unpaired) electrons. The van der Waals surface area contributed by atoms with Gasteiger partial charge in [-0.2, -0.15) is 0 Å². The molecule has 23 heavy (non-hydrogen) atoms. The normalized spacial score (nSPS) is 10.0. The molecule has 0 atom stereocenters. The van der Waals surface area contributed by atoms with Gasteiger partial charge in [0.2, 0.25) is 5.91 Å². The Morgan fingerprint density at radius 1 is 1.00 bits per heavy atom. The van der Waals surface area contributed by atoms with Crippen molar-refractivity contribution >= 4 is 11.7 Å². The molecular formula is C20H33NO2. The second-order valence-corrected chi connectivity index (χ2v) is 5.80. The van der Waals surface area contributed by atoms with Gasteiger partial charge < -0.3 is 5.32 Å². The molecule has 0 saturated heterocycles. The van der Waals surface area contributed by atoms with Crippen LogP contribution in [-0.2, 0) is 11.3 Å². The highest BCUT2D eigenvalue weighted by Gasteiger charge is 2.09. The van der Waals surface area contributed by atoms with Gasteiger partial charge in [0.15, 0.2) is 5.78 Å². The molecular weight excluding hydrogens is 286 g/mol. The Hall–Kier alpha value is -1.64. The minimum absolute atomic E-state index is 0.0127. The molecule has 1 aromatic rings. The third kappa shape index (κ3) is 9.17. The van der Waals surface area contributed by atoms with E-state index in [1.807, 2.05) is 52.0 Å². The summed E-state index contributed by atoms with van der Waals surface area (Å²) in [5.74, 6) is 0.272. The van der Waals surface area contributed by atoms with Crippen LogP contribution < -0.4 is 5.32 Å². The fraction of sp³-hybridized carbons (Fsp3) is 0.600. The van der Waals surface area contributed by atoms with Crippen molar-refractivity contribution in [3.8, 4) is 0 Å². The molecule has 3 heteroatoms. The summed E-state index contributed by atoms with van der Waals surface area (Å²) in [6.45, 7) is 10.5. The first-order valence-electron chi connectivity index (χ1n) is 8.94. The molecule has 3 nitrogen and oxygen atoms in total. The monoisotopic (exact) mass is 319 g/mol. The Balaban J connectivity index is 0.00000232. The van der Waals surface area contributed by atoms with Crippen molar-refractivity contribution < 1.29 is 9.59 Å². The number of unbranched alkanes of at least 4 members (excludes halogenated alkanes) is 3. The molecule has 1 aromatic carbocycles. The lowest BCUT2D eigenvalue weighted by molar-refractivity contribution is -0.121. The van der Waals surface area contributed by atoms with Gasteiger partial charge in [0.1, 0.15) is 0 Å². The zero-order valence-corrected chi connectivity index (χ0v) is 15.4. The number of Topliss-reactive ketones (excluding diaryl/α,β-unsaturated/α-hetero) is 1. The second-order valence-electron chi connectivity index (χ2n) is 5.80. The van der Waals surface area contributed by atoms with E-state index in [-0.39, 0.29) is 17.6 Å². The second kappa shape index (κ2) is 12.9. The molecule has 0 aliphatic carbocycles. The molecule has 130 valence electrons. The zero-order valence-electron chi connectivity index (χ0n) is 15.4. The maximum Gasteiger partial charge on any atom is 0.220 e. The van der Waals surface area contributed by atoms with Crippen molar-refractivity contribution in [3.63, 3.8) is 0 Å². The number of carbonyl (C=O) groups is 2. The van der Waals surface area contributed by atoms with Crippen LogP contribution in [0.25, 0.3) is 0 Å². The van der Waals surface area contributed by atoms with Gasteiger partial charge in [-0.25, -0.2) is 0 Å². The highest BCUT2D eigenvalue weighted by molar-refractivity contribution is 5.97. The number of benzene rings is 1. The molecule has 1 amide bonds.